The van der Waals surface area contributed by atoms with Gasteiger partial charge in [0.25, 0.3) is 0 Å². The molecule has 4 nitrogen and oxygen atoms in total. The van der Waals surface area contributed by atoms with Gasteiger partial charge < -0.3 is 10.4 Å². The van der Waals surface area contributed by atoms with Crippen LogP contribution in [-0.4, -0.2) is 22.1 Å². The highest BCUT2D eigenvalue weighted by atomic mass is 19.1. The van der Waals surface area contributed by atoms with E-state index in [0.717, 1.165) is 17.7 Å². The summed E-state index contributed by atoms with van der Waals surface area (Å²) >= 11 is 0. The molecule has 0 aliphatic heterocycles. The van der Waals surface area contributed by atoms with Crippen molar-refractivity contribution in [1.29, 1.82) is 0 Å². The summed E-state index contributed by atoms with van der Waals surface area (Å²) in [5, 5.41) is 12.0. The van der Waals surface area contributed by atoms with E-state index in [9.17, 15) is 9.18 Å². The molecule has 0 bridgehead atoms. The fraction of sp³-hybridized carbons (Fsp3) is 0.200. The number of halogens is 1. The smallest absolute Gasteiger partial charge is 0.354 e. The van der Waals surface area contributed by atoms with E-state index in [1.54, 1.807) is 18.2 Å². The van der Waals surface area contributed by atoms with E-state index >= 15 is 0 Å². The number of aromatic nitrogens is 1. The van der Waals surface area contributed by atoms with Crippen molar-refractivity contribution in [2.45, 2.75) is 19.4 Å². The lowest BCUT2D eigenvalue weighted by molar-refractivity contribution is 0.0690. The summed E-state index contributed by atoms with van der Waals surface area (Å²) in [6.07, 6.45) is 2.23. The van der Waals surface area contributed by atoms with Crippen LogP contribution < -0.4 is 5.32 Å². The summed E-state index contributed by atoms with van der Waals surface area (Å²) in [4.78, 5) is 14.5. The minimum Gasteiger partial charge on any atom is -0.477 e. The number of nitrogens with zero attached hydrogens (tertiary/aromatic N) is 1. The molecule has 0 saturated carbocycles. The van der Waals surface area contributed by atoms with Gasteiger partial charge in [0.1, 0.15) is 11.5 Å². The Kier molecular flexibility index (Phi) is 4.30. The molecule has 0 spiro atoms. The second-order valence-corrected chi connectivity index (χ2v) is 4.61. The molecule has 1 atom stereocenters. The molecule has 1 unspecified atom stereocenters. The van der Waals surface area contributed by atoms with Crippen LogP contribution in [0.15, 0.2) is 42.6 Å². The Bertz CT molecular complexity index is 582. The molecule has 0 amide bonds. The quantitative estimate of drug-likeness (QED) is 0.880. The summed E-state index contributed by atoms with van der Waals surface area (Å²) < 4.78 is 12.8. The molecular weight excluding hydrogens is 259 g/mol. The van der Waals surface area contributed by atoms with E-state index < -0.39 is 5.97 Å². The largest absolute Gasteiger partial charge is 0.477 e. The van der Waals surface area contributed by atoms with Gasteiger partial charge in [-0.3, -0.25) is 0 Å². The molecule has 0 aliphatic rings. The minimum atomic E-state index is -1.05. The number of aromatic carboxylic acids is 1. The molecular formula is C15H15FN2O2. The summed E-state index contributed by atoms with van der Waals surface area (Å²) in [6, 6.07) is 9.63. The highest BCUT2D eigenvalue weighted by Crippen LogP contribution is 2.11. The van der Waals surface area contributed by atoms with Gasteiger partial charge in [-0.05, 0) is 43.2 Å². The van der Waals surface area contributed by atoms with Crippen LogP contribution in [0.25, 0.3) is 0 Å². The average molecular weight is 274 g/mol. The molecule has 0 saturated heterocycles. The zero-order valence-corrected chi connectivity index (χ0v) is 11.0. The molecule has 2 rings (SSSR count). The highest BCUT2D eigenvalue weighted by Gasteiger charge is 2.06. The predicted molar refractivity (Wildman–Crippen MR) is 74.4 cm³/mol. The Hall–Kier alpha value is -2.43. The van der Waals surface area contributed by atoms with Crippen LogP contribution >= 0.6 is 0 Å². The summed E-state index contributed by atoms with van der Waals surface area (Å²) in [5.41, 5.74) is 1.80. The topological polar surface area (TPSA) is 62.2 Å². The van der Waals surface area contributed by atoms with Crippen molar-refractivity contribution in [2.75, 3.05) is 5.32 Å². The Morgan fingerprint density at radius 2 is 2.00 bits per heavy atom. The standard InChI is InChI=1S/C15H15FN2O2/c1-10(8-11-2-4-12(16)5-3-11)18-13-6-7-14(15(19)20)17-9-13/h2-7,9-10,18H,8H2,1H3,(H,19,20). The zero-order chi connectivity index (χ0) is 14.5. The van der Waals surface area contributed by atoms with Crippen LogP contribution in [0.4, 0.5) is 10.1 Å². The second kappa shape index (κ2) is 6.14. The summed E-state index contributed by atoms with van der Waals surface area (Å²) in [5.74, 6) is -1.29. The fourth-order valence-electron chi connectivity index (χ4n) is 1.92. The van der Waals surface area contributed by atoms with E-state index in [1.165, 1.54) is 24.4 Å². The fourth-order valence-corrected chi connectivity index (χ4v) is 1.92. The van der Waals surface area contributed by atoms with E-state index in [4.69, 9.17) is 5.11 Å². The van der Waals surface area contributed by atoms with Gasteiger partial charge in [-0.25, -0.2) is 14.2 Å². The molecule has 0 fully saturated rings. The molecule has 2 N–H and O–H groups in total. The number of carbonyl (C=O) groups is 1. The first-order valence-electron chi connectivity index (χ1n) is 6.25. The van der Waals surface area contributed by atoms with Crippen molar-refractivity contribution in [3.63, 3.8) is 0 Å². The molecule has 104 valence electrons. The average Bonchev–Trinajstić information content (AvgIpc) is 2.42. The first-order valence-corrected chi connectivity index (χ1v) is 6.25. The highest BCUT2D eigenvalue weighted by molar-refractivity contribution is 5.85. The van der Waals surface area contributed by atoms with Crippen molar-refractivity contribution < 1.29 is 14.3 Å². The molecule has 1 aromatic heterocycles. The molecule has 5 heteroatoms. The van der Waals surface area contributed by atoms with Crippen LogP contribution in [0.1, 0.15) is 23.0 Å². The SMILES string of the molecule is CC(Cc1ccc(F)cc1)Nc1ccc(C(=O)O)nc1. The summed E-state index contributed by atoms with van der Waals surface area (Å²) in [7, 11) is 0. The van der Waals surface area contributed by atoms with E-state index in [2.05, 4.69) is 10.3 Å². The van der Waals surface area contributed by atoms with Gasteiger partial charge in [0.05, 0.1) is 11.9 Å². The number of pyridine rings is 1. The van der Waals surface area contributed by atoms with Crippen LogP contribution in [0, 0.1) is 5.82 Å². The minimum absolute atomic E-state index is 0.0155. The van der Waals surface area contributed by atoms with Gasteiger partial charge >= 0.3 is 5.97 Å². The number of hydrogen-bond acceptors (Lipinski definition) is 3. The third kappa shape index (κ3) is 3.78. The van der Waals surface area contributed by atoms with Crippen LogP contribution in [-0.2, 0) is 6.42 Å². The summed E-state index contributed by atoms with van der Waals surface area (Å²) in [6.45, 7) is 1.99. The zero-order valence-electron chi connectivity index (χ0n) is 11.0. The first-order chi connectivity index (χ1) is 9.54. The van der Waals surface area contributed by atoms with Gasteiger partial charge in [0.15, 0.2) is 0 Å². The molecule has 0 aliphatic carbocycles. The lowest BCUT2D eigenvalue weighted by Gasteiger charge is -2.15. The van der Waals surface area contributed by atoms with Crippen LogP contribution in [0.5, 0.6) is 0 Å². The first kappa shape index (κ1) is 14.0. The number of carboxylic acid groups (broad SMARTS) is 1. The van der Waals surface area contributed by atoms with E-state index in [-0.39, 0.29) is 17.6 Å². The Labute approximate surface area is 116 Å². The predicted octanol–water partition coefficient (Wildman–Crippen LogP) is 2.96. The van der Waals surface area contributed by atoms with Crippen molar-refractivity contribution in [1.82, 2.24) is 4.98 Å². The Morgan fingerprint density at radius 3 is 2.55 bits per heavy atom. The van der Waals surface area contributed by atoms with Gasteiger partial charge in [-0.15, -0.1) is 0 Å². The normalized spacial score (nSPS) is 11.9. The molecule has 1 aromatic carbocycles. The molecule has 0 radical (unpaired) electrons. The number of nitrogens with one attached hydrogen (secondary N) is 1. The second-order valence-electron chi connectivity index (χ2n) is 4.61. The third-order valence-electron chi connectivity index (χ3n) is 2.85. The Balaban J connectivity index is 1.95. The van der Waals surface area contributed by atoms with Gasteiger partial charge in [-0.1, -0.05) is 12.1 Å². The number of anilines is 1. The molecule has 20 heavy (non-hydrogen) atoms. The third-order valence-corrected chi connectivity index (χ3v) is 2.85. The Morgan fingerprint density at radius 1 is 1.30 bits per heavy atom. The molecule has 2 aromatic rings. The number of hydrogen-bond donors (Lipinski definition) is 2. The number of carboxylic acids is 1. The maximum Gasteiger partial charge on any atom is 0.354 e. The van der Waals surface area contributed by atoms with Gasteiger partial charge in [0, 0.05) is 6.04 Å². The van der Waals surface area contributed by atoms with E-state index in [1.807, 2.05) is 6.92 Å². The van der Waals surface area contributed by atoms with Gasteiger partial charge in [-0.2, -0.15) is 0 Å². The lowest BCUT2D eigenvalue weighted by Crippen LogP contribution is -2.18. The van der Waals surface area contributed by atoms with Crippen LogP contribution in [0.2, 0.25) is 0 Å². The monoisotopic (exact) mass is 274 g/mol. The van der Waals surface area contributed by atoms with Crippen molar-refractivity contribution >= 4 is 11.7 Å². The van der Waals surface area contributed by atoms with Crippen molar-refractivity contribution in [3.05, 3.63) is 59.7 Å². The lowest BCUT2D eigenvalue weighted by atomic mass is 10.1. The van der Waals surface area contributed by atoms with Gasteiger partial charge in [0.2, 0.25) is 0 Å². The molecule has 1 heterocycles. The van der Waals surface area contributed by atoms with E-state index in [0.29, 0.717) is 0 Å². The van der Waals surface area contributed by atoms with Crippen molar-refractivity contribution in [3.8, 4) is 0 Å². The number of benzene rings is 1. The maximum absolute atomic E-state index is 12.8. The van der Waals surface area contributed by atoms with Crippen LogP contribution in [0.3, 0.4) is 0 Å². The number of rotatable bonds is 5. The maximum atomic E-state index is 12.8. The van der Waals surface area contributed by atoms with Crippen molar-refractivity contribution in [2.24, 2.45) is 0 Å².